The fourth-order valence-corrected chi connectivity index (χ4v) is 2.47. The fourth-order valence-electron chi connectivity index (χ4n) is 2.47. The maximum absolute atomic E-state index is 10.7. The maximum atomic E-state index is 10.7. The number of carbonyl (C=O) groups is 1. The molecule has 0 spiro atoms. The molecule has 0 aliphatic heterocycles. The van der Waals surface area contributed by atoms with Crippen LogP contribution in [0.25, 0.3) is 16.9 Å². The lowest BCUT2D eigenvalue weighted by Gasteiger charge is -2.03. The lowest BCUT2D eigenvalue weighted by molar-refractivity contribution is 0.112. The molecule has 2 aromatic carbocycles. The van der Waals surface area contributed by atoms with Gasteiger partial charge in [0.05, 0.1) is 12.0 Å². The van der Waals surface area contributed by atoms with Crippen molar-refractivity contribution in [3.05, 3.63) is 72.2 Å². The van der Waals surface area contributed by atoms with Gasteiger partial charge in [0.25, 0.3) is 0 Å². The first-order chi connectivity index (χ1) is 10.8. The van der Waals surface area contributed by atoms with E-state index in [9.17, 15) is 4.79 Å². The van der Waals surface area contributed by atoms with Crippen molar-refractivity contribution in [3.63, 3.8) is 0 Å². The van der Waals surface area contributed by atoms with E-state index in [2.05, 4.69) is 36.2 Å². The van der Waals surface area contributed by atoms with Gasteiger partial charge in [-0.2, -0.15) is 0 Å². The number of benzene rings is 2. The van der Waals surface area contributed by atoms with Crippen LogP contribution < -0.4 is 0 Å². The third-order valence-electron chi connectivity index (χ3n) is 3.70. The van der Waals surface area contributed by atoms with Crippen molar-refractivity contribution in [1.82, 2.24) is 9.55 Å². The summed E-state index contributed by atoms with van der Waals surface area (Å²) in [7, 11) is 0. The van der Waals surface area contributed by atoms with Gasteiger partial charge >= 0.3 is 0 Å². The molecule has 0 amide bonds. The first-order valence-electron chi connectivity index (χ1n) is 7.49. The number of rotatable bonds is 5. The topological polar surface area (TPSA) is 34.9 Å². The molecular weight excluding hydrogens is 272 g/mol. The first-order valence-corrected chi connectivity index (χ1v) is 7.49. The molecule has 0 atom stereocenters. The van der Waals surface area contributed by atoms with Crippen molar-refractivity contribution in [3.8, 4) is 16.9 Å². The first kappa shape index (κ1) is 14.3. The number of hydrogen-bond acceptors (Lipinski definition) is 2. The molecular formula is C19H18N2O. The van der Waals surface area contributed by atoms with Gasteiger partial charge in [0.2, 0.25) is 0 Å². The number of hydrogen-bond donors (Lipinski definition) is 0. The number of nitrogens with zero attached hydrogens (tertiary/aromatic N) is 2. The number of aldehydes is 1. The highest BCUT2D eigenvalue weighted by molar-refractivity contribution is 5.76. The average molecular weight is 290 g/mol. The van der Waals surface area contributed by atoms with Gasteiger partial charge in [0.15, 0.2) is 0 Å². The summed E-state index contributed by atoms with van der Waals surface area (Å²) in [6.45, 7) is 2.19. The van der Waals surface area contributed by atoms with Gasteiger partial charge in [0, 0.05) is 23.0 Å². The molecule has 0 aliphatic rings. The molecule has 3 aromatic rings. The Morgan fingerprint density at radius 1 is 1.05 bits per heavy atom. The summed E-state index contributed by atoms with van der Waals surface area (Å²) in [5, 5.41) is 0. The molecule has 0 bridgehead atoms. The zero-order chi connectivity index (χ0) is 15.4. The van der Waals surface area contributed by atoms with E-state index in [1.54, 1.807) is 12.1 Å². The van der Waals surface area contributed by atoms with Crippen molar-refractivity contribution < 1.29 is 4.79 Å². The Labute approximate surface area is 130 Å². The van der Waals surface area contributed by atoms with Crippen molar-refractivity contribution in [2.24, 2.45) is 0 Å². The predicted molar refractivity (Wildman–Crippen MR) is 88.4 cm³/mol. The van der Waals surface area contributed by atoms with E-state index in [0.29, 0.717) is 5.56 Å². The van der Waals surface area contributed by atoms with Crippen LogP contribution in [0.2, 0.25) is 0 Å². The Hall–Kier alpha value is -2.68. The van der Waals surface area contributed by atoms with Crippen LogP contribution in [0.1, 0.15) is 29.3 Å². The summed E-state index contributed by atoms with van der Waals surface area (Å²) < 4.78 is 2.01. The molecule has 1 aromatic heterocycles. The molecule has 3 rings (SSSR count). The third-order valence-corrected chi connectivity index (χ3v) is 3.70. The zero-order valence-corrected chi connectivity index (χ0v) is 12.6. The van der Waals surface area contributed by atoms with E-state index in [0.717, 1.165) is 36.1 Å². The maximum Gasteiger partial charge on any atom is 0.150 e. The minimum atomic E-state index is 0.676. The second-order valence-electron chi connectivity index (χ2n) is 5.32. The second-order valence-corrected chi connectivity index (χ2v) is 5.32. The highest BCUT2D eigenvalue weighted by Crippen LogP contribution is 2.19. The number of aryl methyl sites for hydroxylation is 1. The van der Waals surface area contributed by atoms with Crippen LogP contribution in [-0.2, 0) is 6.42 Å². The van der Waals surface area contributed by atoms with Crippen LogP contribution in [0.15, 0.2) is 61.1 Å². The lowest BCUT2D eigenvalue weighted by atomic mass is 10.1. The Kier molecular flexibility index (Phi) is 4.15. The van der Waals surface area contributed by atoms with E-state index in [1.165, 1.54) is 5.56 Å². The van der Waals surface area contributed by atoms with Crippen molar-refractivity contribution in [1.29, 1.82) is 0 Å². The van der Waals surface area contributed by atoms with E-state index < -0.39 is 0 Å². The van der Waals surface area contributed by atoms with E-state index >= 15 is 0 Å². The van der Waals surface area contributed by atoms with Crippen molar-refractivity contribution >= 4 is 6.29 Å². The predicted octanol–water partition coefficient (Wildman–Crippen LogP) is 4.30. The van der Waals surface area contributed by atoms with Gasteiger partial charge in [-0.1, -0.05) is 49.7 Å². The minimum Gasteiger partial charge on any atom is -0.306 e. The summed E-state index contributed by atoms with van der Waals surface area (Å²) >= 11 is 0. The molecule has 0 saturated heterocycles. The number of aromatic nitrogens is 2. The van der Waals surface area contributed by atoms with Gasteiger partial charge in [-0.15, -0.1) is 0 Å². The van der Waals surface area contributed by atoms with Crippen LogP contribution >= 0.6 is 0 Å². The molecule has 0 radical (unpaired) electrons. The van der Waals surface area contributed by atoms with E-state index in [1.807, 2.05) is 29.2 Å². The molecule has 0 aliphatic carbocycles. The zero-order valence-electron chi connectivity index (χ0n) is 12.6. The van der Waals surface area contributed by atoms with Crippen LogP contribution in [0, 0.1) is 0 Å². The minimum absolute atomic E-state index is 0.676. The summed E-state index contributed by atoms with van der Waals surface area (Å²) in [6.07, 6.45) is 6.94. The van der Waals surface area contributed by atoms with Gasteiger partial charge < -0.3 is 4.57 Å². The molecule has 22 heavy (non-hydrogen) atoms. The summed E-state index contributed by atoms with van der Waals surface area (Å²) in [5.41, 5.74) is 5.04. The number of imidazole rings is 1. The quantitative estimate of drug-likeness (QED) is 0.656. The molecule has 0 unspecified atom stereocenters. The van der Waals surface area contributed by atoms with E-state index in [4.69, 9.17) is 0 Å². The molecule has 0 fully saturated rings. The normalized spacial score (nSPS) is 10.6. The van der Waals surface area contributed by atoms with Crippen molar-refractivity contribution in [2.75, 3.05) is 0 Å². The van der Waals surface area contributed by atoms with Gasteiger partial charge in [-0.05, 0) is 24.1 Å². The standard InChI is InChI=1S/C19H18N2O/c1-2-3-15-6-10-18(11-7-15)21-12-19(20-14-21)17-8-4-16(13-22)5-9-17/h4-14H,2-3H2,1H3. The van der Waals surface area contributed by atoms with Gasteiger partial charge in [-0.3, -0.25) is 4.79 Å². The highest BCUT2D eigenvalue weighted by atomic mass is 16.1. The van der Waals surface area contributed by atoms with Crippen LogP contribution in [0.4, 0.5) is 0 Å². The largest absolute Gasteiger partial charge is 0.306 e. The molecule has 1 heterocycles. The van der Waals surface area contributed by atoms with Crippen LogP contribution in [0.5, 0.6) is 0 Å². The van der Waals surface area contributed by atoms with Gasteiger partial charge in [0.1, 0.15) is 6.29 Å². The molecule has 3 heteroatoms. The third kappa shape index (κ3) is 2.98. The summed E-state index contributed by atoms with van der Waals surface area (Å²) in [5.74, 6) is 0. The average Bonchev–Trinajstić information content (AvgIpc) is 3.06. The fraction of sp³-hybridized carbons (Fsp3) is 0.158. The Morgan fingerprint density at radius 3 is 2.41 bits per heavy atom. The molecule has 0 N–H and O–H groups in total. The summed E-state index contributed by atoms with van der Waals surface area (Å²) in [4.78, 5) is 15.1. The SMILES string of the molecule is CCCc1ccc(-n2cnc(-c3ccc(C=O)cc3)c2)cc1. The Bertz CT molecular complexity index is 755. The van der Waals surface area contributed by atoms with Crippen LogP contribution in [0.3, 0.4) is 0 Å². The monoisotopic (exact) mass is 290 g/mol. The Balaban J connectivity index is 1.84. The smallest absolute Gasteiger partial charge is 0.150 e. The summed E-state index contributed by atoms with van der Waals surface area (Å²) in [6, 6.07) is 16.0. The second kappa shape index (κ2) is 6.39. The lowest BCUT2D eigenvalue weighted by Crippen LogP contribution is -1.90. The molecule has 110 valence electrons. The Morgan fingerprint density at radius 2 is 1.77 bits per heavy atom. The van der Waals surface area contributed by atoms with E-state index in [-0.39, 0.29) is 0 Å². The number of carbonyl (C=O) groups excluding carboxylic acids is 1. The highest BCUT2D eigenvalue weighted by Gasteiger charge is 2.04. The molecule has 3 nitrogen and oxygen atoms in total. The molecule has 0 saturated carbocycles. The van der Waals surface area contributed by atoms with Crippen LogP contribution in [-0.4, -0.2) is 15.8 Å². The van der Waals surface area contributed by atoms with Gasteiger partial charge in [-0.25, -0.2) is 4.98 Å². The van der Waals surface area contributed by atoms with Crippen molar-refractivity contribution in [2.45, 2.75) is 19.8 Å².